The summed E-state index contributed by atoms with van der Waals surface area (Å²) in [5.41, 5.74) is 1.17. The molecule has 1 aliphatic rings. The number of hydrogen-bond donors (Lipinski definition) is 0. The molecule has 2 rings (SSSR count). The Morgan fingerprint density at radius 1 is 1.54 bits per heavy atom. The Balaban J connectivity index is 2.37. The highest BCUT2D eigenvalue weighted by molar-refractivity contribution is 5.59. The number of ether oxygens (including phenoxy) is 1. The maximum atomic E-state index is 5.54. The summed E-state index contributed by atoms with van der Waals surface area (Å²) in [6.07, 6.45) is 0. The third-order valence-electron chi connectivity index (χ3n) is 2.33. The number of anilines is 1. The first-order valence-corrected chi connectivity index (χ1v) is 4.68. The lowest BCUT2D eigenvalue weighted by molar-refractivity contribution is 0.303. The van der Waals surface area contributed by atoms with E-state index in [2.05, 4.69) is 24.8 Å². The van der Waals surface area contributed by atoms with Crippen LogP contribution >= 0.6 is 0 Å². The van der Waals surface area contributed by atoms with Gasteiger partial charge >= 0.3 is 0 Å². The highest BCUT2D eigenvalue weighted by atomic mass is 16.5. The molecule has 69 valence electrons. The highest BCUT2D eigenvalue weighted by Crippen LogP contribution is 2.31. The van der Waals surface area contributed by atoms with E-state index in [0.717, 1.165) is 18.9 Å². The molecule has 0 atom stereocenters. The largest absolute Gasteiger partial charge is 0.490 e. The molecule has 0 aromatic heterocycles. The molecule has 2 heteroatoms. The van der Waals surface area contributed by atoms with Crippen molar-refractivity contribution < 1.29 is 4.74 Å². The average Bonchev–Trinajstić information content (AvgIpc) is 2.17. The summed E-state index contributed by atoms with van der Waals surface area (Å²) >= 11 is 0. The Kier molecular flexibility index (Phi) is 2.13. The van der Waals surface area contributed by atoms with E-state index in [0.29, 0.717) is 6.04 Å². The van der Waals surface area contributed by atoms with E-state index < -0.39 is 0 Å². The number of hydrogen-bond acceptors (Lipinski definition) is 2. The van der Waals surface area contributed by atoms with Crippen LogP contribution in [-0.2, 0) is 0 Å². The quantitative estimate of drug-likeness (QED) is 0.649. The molecule has 1 heterocycles. The number of benzene rings is 1. The number of fused-ring (bicyclic) bond motifs is 1. The first-order chi connectivity index (χ1) is 6.29. The predicted octanol–water partition coefficient (Wildman–Crippen LogP) is 2.09. The lowest BCUT2D eigenvalue weighted by Crippen LogP contribution is -2.37. The zero-order valence-corrected chi connectivity index (χ0v) is 8.08. The SMILES string of the molecule is CC(C)N1CCOc2cc[c]cc21. The Bertz CT molecular complexity index is 296. The number of nitrogens with zero attached hydrogens (tertiary/aromatic N) is 1. The van der Waals surface area contributed by atoms with Gasteiger partial charge in [0.1, 0.15) is 12.4 Å². The van der Waals surface area contributed by atoms with E-state index >= 15 is 0 Å². The minimum absolute atomic E-state index is 0.526. The molecular weight excluding hydrogens is 162 g/mol. The predicted molar refractivity (Wildman–Crippen MR) is 53.3 cm³/mol. The van der Waals surface area contributed by atoms with Gasteiger partial charge in [0.15, 0.2) is 0 Å². The van der Waals surface area contributed by atoms with Crippen molar-refractivity contribution in [3.63, 3.8) is 0 Å². The Hall–Kier alpha value is -1.18. The summed E-state index contributed by atoms with van der Waals surface area (Å²) in [5.74, 6) is 0.985. The molecule has 0 saturated carbocycles. The molecule has 1 aromatic carbocycles. The van der Waals surface area contributed by atoms with Crippen LogP contribution in [0.25, 0.3) is 0 Å². The van der Waals surface area contributed by atoms with E-state index in [1.807, 2.05) is 18.2 Å². The van der Waals surface area contributed by atoms with Crippen LogP contribution in [-0.4, -0.2) is 19.2 Å². The molecule has 13 heavy (non-hydrogen) atoms. The Morgan fingerprint density at radius 2 is 2.38 bits per heavy atom. The molecule has 0 spiro atoms. The van der Waals surface area contributed by atoms with Crippen molar-refractivity contribution >= 4 is 5.69 Å². The Labute approximate surface area is 79.1 Å². The fourth-order valence-corrected chi connectivity index (χ4v) is 1.66. The van der Waals surface area contributed by atoms with Gasteiger partial charge in [-0.1, -0.05) is 6.07 Å². The van der Waals surface area contributed by atoms with Crippen LogP contribution in [0.5, 0.6) is 5.75 Å². The number of rotatable bonds is 1. The third kappa shape index (κ3) is 1.48. The molecule has 0 aliphatic carbocycles. The third-order valence-corrected chi connectivity index (χ3v) is 2.33. The highest BCUT2D eigenvalue weighted by Gasteiger charge is 2.18. The van der Waals surface area contributed by atoms with Gasteiger partial charge in [0.25, 0.3) is 0 Å². The molecule has 0 saturated heterocycles. The van der Waals surface area contributed by atoms with Crippen LogP contribution in [0.3, 0.4) is 0 Å². The van der Waals surface area contributed by atoms with Crippen molar-refractivity contribution in [2.45, 2.75) is 19.9 Å². The molecule has 1 aliphatic heterocycles. The van der Waals surface area contributed by atoms with Crippen LogP contribution in [0.4, 0.5) is 5.69 Å². The second-order valence-electron chi connectivity index (χ2n) is 3.53. The van der Waals surface area contributed by atoms with Gasteiger partial charge in [0, 0.05) is 6.04 Å². The van der Waals surface area contributed by atoms with Gasteiger partial charge in [-0.2, -0.15) is 0 Å². The fraction of sp³-hybridized carbons (Fsp3) is 0.455. The monoisotopic (exact) mass is 176 g/mol. The lowest BCUT2D eigenvalue weighted by atomic mass is 10.2. The molecule has 1 aromatic rings. The molecule has 0 bridgehead atoms. The van der Waals surface area contributed by atoms with Gasteiger partial charge in [-0.3, -0.25) is 0 Å². The normalized spacial score (nSPS) is 15.5. The minimum atomic E-state index is 0.526. The standard InChI is InChI=1S/C11H14NO/c1-9(2)12-7-8-13-11-6-4-3-5-10(11)12/h4-6,9H,7-8H2,1-2H3. The summed E-state index contributed by atoms with van der Waals surface area (Å²) in [6, 6.07) is 9.47. The fourth-order valence-electron chi connectivity index (χ4n) is 1.66. The van der Waals surface area contributed by atoms with E-state index in [1.165, 1.54) is 5.69 Å². The zero-order chi connectivity index (χ0) is 9.26. The van der Waals surface area contributed by atoms with E-state index in [4.69, 9.17) is 4.74 Å². The Morgan fingerprint density at radius 3 is 3.15 bits per heavy atom. The van der Waals surface area contributed by atoms with Crippen molar-refractivity contribution in [3.05, 3.63) is 24.3 Å². The van der Waals surface area contributed by atoms with Crippen LogP contribution in [0.2, 0.25) is 0 Å². The van der Waals surface area contributed by atoms with Crippen LogP contribution < -0.4 is 9.64 Å². The maximum Gasteiger partial charge on any atom is 0.142 e. The van der Waals surface area contributed by atoms with Crippen molar-refractivity contribution in [3.8, 4) is 5.75 Å². The smallest absolute Gasteiger partial charge is 0.142 e. The second kappa shape index (κ2) is 3.29. The van der Waals surface area contributed by atoms with Crippen molar-refractivity contribution in [1.29, 1.82) is 0 Å². The van der Waals surface area contributed by atoms with E-state index in [9.17, 15) is 0 Å². The first kappa shape index (κ1) is 8.42. The van der Waals surface area contributed by atoms with Gasteiger partial charge in [-0.15, -0.1) is 0 Å². The molecule has 1 radical (unpaired) electrons. The van der Waals surface area contributed by atoms with Gasteiger partial charge in [0.05, 0.1) is 12.2 Å². The maximum absolute atomic E-state index is 5.54. The van der Waals surface area contributed by atoms with E-state index in [-0.39, 0.29) is 0 Å². The zero-order valence-electron chi connectivity index (χ0n) is 8.08. The van der Waals surface area contributed by atoms with Gasteiger partial charge in [-0.25, -0.2) is 0 Å². The molecule has 2 nitrogen and oxygen atoms in total. The summed E-state index contributed by atoms with van der Waals surface area (Å²) in [6.45, 7) is 6.15. The van der Waals surface area contributed by atoms with E-state index in [1.54, 1.807) is 0 Å². The summed E-state index contributed by atoms with van der Waals surface area (Å²) in [4.78, 5) is 2.34. The summed E-state index contributed by atoms with van der Waals surface area (Å²) in [7, 11) is 0. The van der Waals surface area contributed by atoms with Crippen molar-refractivity contribution in [1.82, 2.24) is 0 Å². The molecule has 0 N–H and O–H groups in total. The van der Waals surface area contributed by atoms with Crippen LogP contribution in [0.1, 0.15) is 13.8 Å². The van der Waals surface area contributed by atoms with Crippen molar-refractivity contribution in [2.24, 2.45) is 0 Å². The second-order valence-corrected chi connectivity index (χ2v) is 3.53. The van der Waals surface area contributed by atoms with Gasteiger partial charge in [-0.05, 0) is 32.0 Å². The molecule has 0 amide bonds. The van der Waals surface area contributed by atoms with Crippen LogP contribution in [0, 0.1) is 6.07 Å². The molecule has 0 fully saturated rings. The topological polar surface area (TPSA) is 12.5 Å². The average molecular weight is 176 g/mol. The van der Waals surface area contributed by atoms with Gasteiger partial charge in [0.2, 0.25) is 0 Å². The van der Waals surface area contributed by atoms with Gasteiger partial charge < -0.3 is 9.64 Å². The first-order valence-electron chi connectivity index (χ1n) is 4.68. The minimum Gasteiger partial charge on any atom is -0.490 e. The molecular formula is C11H14NO. The summed E-state index contributed by atoms with van der Waals surface area (Å²) < 4.78 is 5.54. The summed E-state index contributed by atoms with van der Waals surface area (Å²) in [5, 5.41) is 0. The lowest BCUT2D eigenvalue weighted by Gasteiger charge is -2.34. The van der Waals surface area contributed by atoms with Crippen LogP contribution in [0.15, 0.2) is 18.2 Å². The van der Waals surface area contributed by atoms with Crippen molar-refractivity contribution in [2.75, 3.05) is 18.1 Å². The molecule has 0 unspecified atom stereocenters.